The Labute approximate surface area is 160 Å². The number of ether oxygens (including phenoxy) is 2. The second kappa shape index (κ2) is 8.01. The van der Waals surface area contributed by atoms with E-state index in [0.717, 1.165) is 25.6 Å². The number of carbonyl (C=O) groups excluding carboxylic acids is 1. The second-order valence-corrected chi connectivity index (χ2v) is 7.48. The maximum atomic E-state index is 12.5. The Morgan fingerprint density at radius 1 is 1.07 bits per heavy atom. The number of hydrogen-bond donors (Lipinski definition) is 1. The quantitative estimate of drug-likeness (QED) is 0.879. The second-order valence-electron chi connectivity index (χ2n) is 7.48. The van der Waals surface area contributed by atoms with Crippen molar-refractivity contribution in [2.45, 2.75) is 32.9 Å². The Bertz CT molecular complexity index is 813. The minimum absolute atomic E-state index is 0.102. The number of nitrogens with zero attached hydrogens (tertiary/aromatic N) is 1. The van der Waals surface area contributed by atoms with Gasteiger partial charge in [0.15, 0.2) is 11.5 Å². The van der Waals surface area contributed by atoms with Gasteiger partial charge in [-0.05, 0) is 61.2 Å². The van der Waals surface area contributed by atoms with E-state index in [1.165, 1.54) is 24.0 Å². The van der Waals surface area contributed by atoms with E-state index in [4.69, 9.17) is 9.47 Å². The van der Waals surface area contributed by atoms with Crippen LogP contribution < -0.4 is 14.8 Å². The van der Waals surface area contributed by atoms with Crippen molar-refractivity contribution in [3.8, 4) is 11.5 Å². The first-order chi connectivity index (χ1) is 13.2. The van der Waals surface area contributed by atoms with E-state index in [2.05, 4.69) is 35.3 Å². The lowest BCUT2D eigenvalue weighted by molar-refractivity contribution is 0.0950. The average molecular weight is 366 g/mol. The first-order valence-corrected chi connectivity index (χ1v) is 9.66. The molecular weight excluding hydrogens is 340 g/mol. The highest BCUT2D eigenvalue weighted by Crippen LogP contribution is 2.32. The molecule has 2 aromatic rings. The van der Waals surface area contributed by atoms with Gasteiger partial charge in [0.25, 0.3) is 5.91 Å². The molecule has 2 aliphatic rings. The van der Waals surface area contributed by atoms with Crippen LogP contribution in [-0.4, -0.2) is 30.7 Å². The van der Waals surface area contributed by atoms with E-state index in [0.29, 0.717) is 23.6 Å². The van der Waals surface area contributed by atoms with Crippen LogP contribution in [0.1, 0.15) is 41.3 Å². The monoisotopic (exact) mass is 366 g/mol. The molecule has 2 aliphatic heterocycles. The van der Waals surface area contributed by atoms with Crippen molar-refractivity contribution in [3.05, 3.63) is 59.2 Å². The van der Waals surface area contributed by atoms with Crippen molar-refractivity contribution in [1.29, 1.82) is 0 Å². The molecule has 27 heavy (non-hydrogen) atoms. The summed E-state index contributed by atoms with van der Waals surface area (Å²) in [4.78, 5) is 15.0. The summed E-state index contributed by atoms with van der Waals surface area (Å²) >= 11 is 0. The van der Waals surface area contributed by atoms with Crippen LogP contribution in [0.2, 0.25) is 0 Å². The van der Waals surface area contributed by atoms with E-state index in [-0.39, 0.29) is 12.7 Å². The van der Waals surface area contributed by atoms with Gasteiger partial charge in [-0.1, -0.05) is 31.2 Å². The summed E-state index contributed by atoms with van der Waals surface area (Å²) in [5, 5.41) is 3.04. The average Bonchev–Trinajstić information content (AvgIpc) is 3.16. The molecule has 0 atom stereocenters. The SMILES string of the molecule is CC1CCN(Cc2ccccc2CNC(=O)c2ccc3c(c2)OCO3)CC1. The molecule has 4 rings (SSSR count). The smallest absolute Gasteiger partial charge is 0.251 e. The normalized spacial score (nSPS) is 17.1. The number of nitrogens with one attached hydrogen (secondary N) is 1. The lowest BCUT2D eigenvalue weighted by atomic mass is 9.98. The number of likely N-dealkylation sites (tertiary alicyclic amines) is 1. The third-order valence-corrected chi connectivity index (χ3v) is 5.46. The molecule has 5 heteroatoms. The fourth-order valence-electron chi connectivity index (χ4n) is 3.66. The molecule has 1 saturated heterocycles. The molecule has 5 nitrogen and oxygen atoms in total. The van der Waals surface area contributed by atoms with Crippen LogP contribution in [0.5, 0.6) is 11.5 Å². The highest BCUT2D eigenvalue weighted by molar-refractivity contribution is 5.94. The topological polar surface area (TPSA) is 50.8 Å². The van der Waals surface area contributed by atoms with Crippen LogP contribution in [0.25, 0.3) is 0 Å². The molecule has 1 fully saturated rings. The molecule has 2 heterocycles. The van der Waals surface area contributed by atoms with Crippen LogP contribution in [-0.2, 0) is 13.1 Å². The summed E-state index contributed by atoms with van der Waals surface area (Å²) in [5.41, 5.74) is 3.05. The summed E-state index contributed by atoms with van der Waals surface area (Å²) in [6.07, 6.45) is 2.53. The molecule has 0 spiro atoms. The number of piperidine rings is 1. The maximum absolute atomic E-state index is 12.5. The molecule has 0 aliphatic carbocycles. The zero-order valence-corrected chi connectivity index (χ0v) is 15.7. The third kappa shape index (κ3) is 4.25. The van der Waals surface area contributed by atoms with Crippen LogP contribution in [0.15, 0.2) is 42.5 Å². The van der Waals surface area contributed by atoms with Gasteiger partial charge >= 0.3 is 0 Å². The van der Waals surface area contributed by atoms with Crippen LogP contribution in [0.3, 0.4) is 0 Å². The van der Waals surface area contributed by atoms with Gasteiger partial charge in [-0.2, -0.15) is 0 Å². The highest BCUT2D eigenvalue weighted by Gasteiger charge is 2.18. The molecule has 0 aromatic heterocycles. The fourth-order valence-corrected chi connectivity index (χ4v) is 3.66. The van der Waals surface area contributed by atoms with Gasteiger partial charge in [0.2, 0.25) is 6.79 Å². The van der Waals surface area contributed by atoms with Gasteiger partial charge in [0.1, 0.15) is 0 Å². The van der Waals surface area contributed by atoms with Gasteiger partial charge < -0.3 is 14.8 Å². The van der Waals surface area contributed by atoms with Crippen LogP contribution in [0, 0.1) is 5.92 Å². The third-order valence-electron chi connectivity index (χ3n) is 5.46. The van der Waals surface area contributed by atoms with Crippen molar-refractivity contribution in [2.24, 2.45) is 5.92 Å². The van der Waals surface area contributed by atoms with Crippen molar-refractivity contribution in [1.82, 2.24) is 10.2 Å². The summed E-state index contributed by atoms with van der Waals surface area (Å²) in [6.45, 7) is 6.31. The van der Waals surface area contributed by atoms with Crippen molar-refractivity contribution in [3.63, 3.8) is 0 Å². The van der Waals surface area contributed by atoms with Gasteiger partial charge in [0.05, 0.1) is 0 Å². The number of hydrogen-bond acceptors (Lipinski definition) is 4. The molecule has 2 aromatic carbocycles. The predicted molar refractivity (Wildman–Crippen MR) is 104 cm³/mol. The van der Waals surface area contributed by atoms with E-state index in [9.17, 15) is 4.79 Å². The minimum atomic E-state index is -0.102. The zero-order chi connectivity index (χ0) is 18.6. The molecule has 1 amide bonds. The lowest BCUT2D eigenvalue weighted by Crippen LogP contribution is -2.33. The van der Waals surface area contributed by atoms with E-state index < -0.39 is 0 Å². The summed E-state index contributed by atoms with van der Waals surface area (Å²) in [6, 6.07) is 13.7. The molecule has 142 valence electrons. The van der Waals surface area contributed by atoms with Gasteiger partial charge in [0, 0.05) is 18.7 Å². The number of amides is 1. The number of fused-ring (bicyclic) bond motifs is 1. The number of benzene rings is 2. The Hall–Kier alpha value is -2.53. The van der Waals surface area contributed by atoms with Gasteiger partial charge in [-0.15, -0.1) is 0 Å². The fraction of sp³-hybridized carbons (Fsp3) is 0.409. The molecular formula is C22H26N2O3. The predicted octanol–water partition coefficient (Wildman–Crippen LogP) is 3.58. The maximum Gasteiger partial charge on any atom is 0.251 e. The van der Waals surface area contributed by atoms with E-state index in [1.807, 2.05) is 6.07 Å². The molecule has 0 unspecified atom stereocenters. The first-order valence-electron chi connectivity index (χ1n) is 9.66. The zero-order valence-electron chi connectivity index (χ0n) is 15.7. The van der Waals surface area contributed by atoms with Gasteiger partial charge in [-0.25, -0.2) is 0 Å². The van der Waals surface area contributed by atoms with Gasteiger partial charge in [-0.3, -0.25) is 9.69 Å². The lowest BCUT2D eigenvalue weighted by Gasteiger charge is -2.30. The van der Waals surface area contributed by atoms with Crippen molar-refractivity contribution >= 4 is 5.91 Å². The summed E-state index contributed by atoms with van der Waals surface area (Å²) < 4.78 is 10.7. The number of carbonyl (C=O) groups is 1. The largest absolute Gasteiger partial charge is 0.454 e. The molecule has 0 radical (unpaired) electrons. The van der Waals surface area contributed by atoms with E-state index in [1.54, 1.807) is 18.2 Å². The molecule has 0 bridgehead atoms. The summed E-state index contributed by atoms with van der Waals surface area (Å²) in [7, 11) is 0. The van der Waals surface area contributed by atoms with E-state index >= 15 is 0 Å². The Kier molecular flexibility index (Phi) is 5.30. The molecule has 1 N–H and O–H groups in total. The standard InChI is InChI=1S/C22H26N2O3/c1-16-8-10-24(11-9-16)14-19-5-3-2-4-18(19)13-23-22(25)17-6-7-20-21(12-17)27-15-26-20/h2-7,12,16H,8-11,13-15H2,1H3,(H,23,25). The molecule has 0 saturated carbocycles. The van der Waals surface area contributed by atoms with Crippen LogP contribution >= 0.6 is 0 Å². The first kappa shape index (κ1) is 17.9. The minimum Gasteiger partial charge on any atom is -0.454 e. The highest BCUT2D eigenvalue weighted by atomic mass is 16.7. The number of rotatable bonds is 5. The Morgan fingerprint density at radius 3 is 2.63 bits per heavy atom. The summed E-state index contributed by atoms with van der Waals surface area (Å²) in [5.74, 6) is 2.04. The van der Waals surface area contributed by atoms with Crippen LogP contribution in [0.4, 0.5) is 0 Å². The Balaban J connectivity index is 1.39. The Morgan fingerprint density at radius 2 is 1.81 bits per heavy atom. The van der Waals surface area contributed by atoms with Crippen molar-refractivity contribution in [2.75, 3.05) is 19.9 Å². The van der Waals surface area contributed by atoms with Crippen molar-refractivity contribution < 1.29 is 14.3 Å².